The van der Waals surface area contributed by atoms with Gasteiger partial charge in [0, 0.05) is 29.5 Å². The summed E-state index contributed by atoms with van der Waals surface area (Å²) in [4.78, 5) is 12.9. The Hall–Kier alpha value is -5.04. The van der Waals surface area contributed by atoms with Crippen LogP contribution in [0, 0.1) is 12.8 Å². The average molecular weight is 745 g/mol. The van der Waals surface area contributed by atoms with Crippen LogP contribution in [0.1, 0.15) is 46.6 Å². The first kappa shape index (κ1) is 36.3. The van der Waals surface area contributed by atoms with Gasteiger partial charge < -0.3 is 30.0 Å². The fourth-order valence-electron chi connectivity index (χ4n) is 6.16. The van der Waals surface area contributed by atoms with Crippen LogP contribution in [0.2, 0.25) is 0 Å². The lowest BCUT2D eigenvalue weighted by atomic mass is 9.91. The highest BCUT2D eigenvalue weighted by atomic mass is 32.2. The number of hydrogen-bond acceptors (Lipinski definition) is 9. The van der Waals surface area contributed by atoms with Gasteiger partial charge in [-0.15, -0.1) is 10.2 Å². The Morgan fingerprint density at radius 3 is 2.25 bits per heavy atom. The summed E-state index contributed by atoms with van der Waals surface area (Å²) < 4.78 is 20.1. The van der Waals surface area contributed by atoms with Crippen molar-refractivity contribution in [3.8, 4) is 22.6 Å². The molecule has 53 heavy (non-hydrogen) atoms. The zero-order valence-corrected chi connectivity index (χ0v) is 31.0. The van der Waals surface area contributed by atoms with Gasteiger partial charge in [-0.3, -0.25) is 0 Å². The first-order valence-corrected chi connectivity index (χ1v) is 19.2. The van der Waals surface area contributed by atoms with Gasteiger partial charge in [0.15, 0.2) is 10.6 Å². The summed E-state index contributed by atoms with van der Waals surface area (Å²) in [6.45, 7) is 4.45. The van der Waals surface area contributed by atoms with Crippen LogP contribution >= 0.6 is 23.1 Å². The normalized spacial score (nSPS) is 18.3. The molecule has 7 rings (SSSR count). The fourth-order valence-corrected chi connectivity index (χ4v) is 8.16. The standard InChI is InChI=1S/C42H40N4O5S2/c1-27-38(26-52-42-46-45-28(2)53-42)50-40(51-39(27)31-14-12-29(25-47)13-15-31)32-18-16-30(17-19-32)37-11-7-6-8-33(37)24-43-41(48)44-34-20-22-36(23-21-34)49-35-9-4-3-5-10-35/h3-23,27,38-40,47H,24-26H2,1-2H3,(H2,43,44,48)/t27-,38+,39+,40+/m1/s1. The zero-order valence-electron chi connectivity index (χ0n) is 29.3. The van der Waals surface area contributed by atoms with Gasteiger partial charge in [0.25, 0.3) is 0 Å². The van der Waals surface area contributed by atoms with Crippen LogP contribution in [0.4, 0.5) is 10.5 Å². The minimum Gasteiger partial charge on any atom is -0.457 e. The van der Waals surface area contributed by atoms with Crippen molar-refractivity contribution in [1.82, 2.24) is 15.5 Å². The molecule has 0 aliphatic carbocycles. The first-order valence-electron chi connectivity index (χ1n) is 17.4. The number of amides is 2. The van der Waals surface area contributed by atoms with Crippen LogP contribution in [0.25, 0.3) is 11.1 Å². The molecule has 1 aromatic heterocycles. The number of para-hydroxylation sites is 1. The summed E-state index contributed by atoms with van der Waals surface area (Å²) in [5.74, 6) is 2.21. The zero-order chi connectivity index (χ0) is 36.6. The van der Waals surface area contributed by atoms with Crippen molar-refractivity contribution in [2.75, 3.05) is 11.1 Å². The van der Waals surface area contributed by atoms with E-state index in [9.17, 15) is 9.90 Å². The number of nitrogens with one attached hydrogen (secondary N) is 2. The predicted octanol–water partition coefficient (Wildman–Crippen LogP) is 9.70. The number of carbonyl (C=O) groups is 1. The quantitative estimate of drug-likeness (QED) is 0.106. The molecule has 2 heterocycles. The maximum absolute atomic E-state index is 12.9. The Morgan fingerprint density at radius 1 is 0.830 bits per heavy atom. The number of urea groups is 1. The number of aryl methyl sites for hydroxylation is 1. The molecule has 0 radical (unpaired) electrons. The molecule has 2 amide bonds. The van der Waals surface area contributed by atoms with Crippen molar-refractivity contribution >= 4 is 34.8 Å². The second-order valence-corrected chi connectivity index (χ2v) is 15.2. The van der Waals surface area contributed by atoms with Gasteiger partial charge in [0.05, 0.1) is 18.8 Å². The third-order valence-electron chi connectivity index (χ3n) is 9.04. The van der Waals surface area contributed by atoms with E-state index in [1.807, 2.05) is 116 Å². The van der Waals surface area contributed by atoms with Gasteiger partial charge in [-0.05, 0) is 71.1 Å². The molecule has 1 aliphatic heterocycles. The fraction of sp³-hybridized carbons (Fsp3) is 0.214. The van der Waals surface area contributed by atoms with E-state index in [4.69, 9.17) is 14.2 Å². The van der Waals surface area contributed by atoms with Crippen molar-refractivity contribution in [3.05, 3.63) is 155 Å². The molecule has 270 valence electrons. The van der Waals surface area contributed by atoms with E-state index in [0.717, 1.165) is 48.5 Å². The Balaban J connectivity index is 1.01. The molecule has 0 spiro atoms. The number of nitrogens with zero attached hydrogens (tertiary/aromatic N) is 2. The van der Waals surface area contributed by atoms with E-state index in [-0.39, 0.29) is 30.8 Å². The SMILES string of the molecule is Cc1nnc(SC[C@@H]2O[C@H](c3ccc(-c4ccccc4CNC(=O)Nc4ccc(Oc5ccccc5)cc4)cc3)O[C@H](c3ccc(CO)cc3)[C@@H]2C)s1. The first-order chi connectivity index (χ1) is 25.9. The lowest BCUT2D eigenvalue weighted by molar-refractivity contribution is -0.268. The van der Waals surface area contributed by atoms with E-state index in [2.05, 4.69) is 46.0 Å². The predicted molar refractivity (Wildman–Crippen MR) is 209 cm³/mol. The molecule has 5 aromatic carbocycles. The van der Waals surface area contributed by atoms with Gasteiger partial charge >= 0.3 is 6.03 Å². The number of carbonyl (C=O) groups excluding carboxylic acids is 1. The summed E-state index contributed by atoms with van der Waals surface area (Å²) >= 11 is 3.23. The van der Waals surface area contributed by atoms with Crippen molar-refractivity contribution < 1.29 is 24.1 Å². The van der Waals surface area contributed by atoms with Crippen LogP contribution in [0.5, 0.6) is 11.5 Å². The Bertz CT molecular complexity index is 2090. The third kappa shape index (κ3) is 9.31. The molecule has 1 fully saturated rings. The second-order valence-electron chi connectivity index (χ2n) is 12.7. The Kier molecular flexibility index (Phi) is 11.8. The monoisotopic (exact) mass is 744 g/mol. The summed E-state index contributed by atoms with van der Waals surface area (Å²) in [5, 5.41) is 24.9. The minimum atomic E-state index is -0.580. The van der Waals surface area contributed by atoms with E-state index in [1.54, 1.807) is 23.1 Å². The molecule has 1 aliphatic rings. The van der Waals surface area contributed by atoms with Gasteiger partial charge in [0.1, 0.15) is 16.5 Å². The highest BCUT2D eigenvalue weighted by Crippen LogP contribution is 2.43. The van der Waals surface area contributed by atoms with Crippen molar-refractivity contribution in [2.24, 2.45) is 5.92 Å². The molecule has 0 bridgehead atoms. The van der Waals surface area contributed by atoms with Crippen molar-refractivity contribution in [1.29, 1.82) is 0 Å². The summed E-state index contributed by atoms with van der Waals surface area (Å²) in [6, 6.07) is 40.7. The summed E-state index contributed by atoms with van der Waals surface area (Å²) in [5.41, 5.74) is 6.49. The average Bonchev–Trinajstić information content (AvgIpc) is 3.62. The highest BCUT2D eigenvalue weighted by Gasteiger charge is 2.38. The highest BCUT2D eigenvalue weighted by molar-refractivity contribution is 8.01. The Labute approximate surface area is 317 Å². The molecule has 9 nitrogen and oxygen atoms in total. The maximum Gasteiger partial charge on any atom is 0.319 e. The lowest BCUT2D eigenvalue weighted by Crippen LogP contribution is -2.38. The number of aliphatic hydroxyl groups is 1. The molecule has 6 aromatic rings. The molecule has 11 heteroatoms. The number of aromatic nitrogens is 2. The summed E-state index contributed by atoms with van der Waals surface area (Å²) in [6.07, 6.45) is -0.894. The Morgan fingerprint density at radius 2 is 1.53 bits per heavy atom. The third-order valence-corrected chi connectivity index (χ3v) is 11.1. The molecule has 1 saturated heterocycles. The largest absolute Gasteiger partial charge is 0.457 e. The molecular formula is C42H40N4O5S2. The molecule has 0 unspecified atom stereocenters. The number of anilines is 1. The maximum atomic E-state index is 12.9. The van der Waals surface area contributed by atoms with E-state index in [0.29, 0.717) is 23.7 Å². The summed E-state index contributed by atoms with van der Waals surface area (Å²) in [7, 11) is 0. The molecule has 0 saturated carbocycles. The van der Waals surface area contributed by atoms with E-state index >= 15 is 0 Å². The smallest absolute Gasteiger partial charge is 0.319 e. The van der Waals surface area contributed by atoms with Crippen molar-refractivity contribution in [2.45, 2.75) is 49.8 Å². The number of hydrogen-bond donors (Lipinski definition) is 3. The van der Waals surface area contributed by atoms with E-state index in [1.165, 1.54) is 0 Å². The number of rotatable bonds is 12. The van der Waals surface area contributed by atoms with Gasteiger partial charge in [-0.25, -0.2) is 4.79 Å². The van der Waals surface area contributed by atoms with Gasteiger partial charge in [0.2, 0.25) is 0 Å². The van der Waals surface area contributed by atoms with Crippen molar-refractivity contribution in [3.63, 3.8) is 0 Å². The van der Waals surface area contributed by atoms with Crippen LogP contribution in [0.15, 0.2) is 132 Å². The number of benzene rings is 5. The van der Waals surface area contributed by atoms with Gasteiger partial charge in [-0.1, -0.05) is 121 Å². The van der Waals surface area contributed by atoms with Crippen LogP contribution in [0.3, 0.4) is 0 Å². The minimum absolute atomic E-state index is 0.00710. The second kappa shape index (κ2) is 17.2. The van der Waals surface area contributed by atoms with Crippen LogP contribution < -0.4 is 15.4 Å². The number of thioether (sulfide) groups is 1. The molecule has 3 N–H and O–H groups in total. The lowest BCUT2D eigenvalue weighted by Gasteiger charge is -2.41. The van der Waals surface area contributed by atoms with Crippen LogP contribution in [-0.4, -0.2) is 33.2 Å². The number of aliphatic hydroxyl groups excluding tert-OH is 1. The number of ether oxygens (including phenoxy) is 3. The van der Waals surface area contributed by atoms with Gasteiger partial charge in [-0.2, -0.15) is 0 Å². The molecular weight excluding hydrogens is 705 g/mol. The van der Waals surface area contributed by atoms with E-state index < -0.39 is 6.29 Å². The topological polar surface area (TPSA) is 115 Å². The van der Waals surface area contributed by atoms with Crippen LogP contribution in [-0.2, 0) is 22.6 Å². The molecule has 4 atom stereocenters.